The van der Waals surface area contributed by atoms with Crippen molar-refractivity contribution in [2.45, 2.75) is 6.92 Å². The molecule has 0 atom stereocenters. The van der Waals surface area contributed by atoms with Crippen molar-refractivity contribution in [2.75, 3.05) is 6.54 Å². The molecule has 10 heavy (non-hydrogen) atoms. The zero-order chi connectivity index (χ0) is 7.40. The number of aromatic nitrogens is 2. The largest absolute Gasteiger partial charge is 0.320 e. The first kappa shape index (κ1) is 7.19. The highest BCUT2D eigenvalue weighted by Crippen LogP contribution is 1.99. The molecule has 1 heterocycles. The molecular weight excluding hydrogens is 146 g/mol. The molecule has 1 rings (SSSR count). The molecule has 4 heteroatoms. The Balaban J connectivity index is 2.76. The first-order valence-corrected chi connectivity index (χ1v) is 3.59. The molecule has 0 spiro atoms. The molecule has 0 saturated heterocycles. The van der Waals surface area contributed by atoms with Crippen LogP contribution in [0.5, 0.6) is 0 Å². The molecule has 1 aromatic rings. The van der Waals surface area contributed by atoms with Crippen LogP contribution in [-0.2, 0) is 0 Å². The first-order chi connectivity index (χ1) is 4.83. The normalized spacial score (nSPS) is 8.60. The van der Waals surface area contributed by atoms with Gasteiger partial charge in [-0.05, 0) is 24.4 Å². The minimum atomic E-state index is 0.374. The SMILES string of the molecule is Cc1nsc(C#CCN)n1. The van der Waals surface area contributed by atoms with E-state index in [9.17, 15) is 0 Å². The molecule has 0 unspecified atom stereocenters. The molecule has 0 aliphatic rings. The van der Waals surface area contributed by atoms with Crippen molar-refractivity contribution < 1.29 is 0 Å². The summed E-state index contributed by atoms with van der Waals surface area (Å²) in [4.78, 5) is 4.03. The smallest absolute Gasteiger partial charge is 0.186 e. The van der Waals surface area contributed by atoms with Gasteiger partial charge in [-0.1, -0.05) is 5.92 Å². The van der Waals surface area contributed by atoms with E-state index in [1.54, 1.807) is 0 Å². The fraction of sp³-hybridized carbons (Fsp3) is 0.333. The summed E-state index contributed by atoms with van der Waals surface area (Å²) in [5.74, 6) is 6.27. The molecule has 1 aromatic heterocycles. The molecular formula is C6H7N3S. The van der Waals surface area contributed by atoms with Crippen LogP contribution in [0.2, 0.25) is 0 Å². The molecule has 0 amide bonds. The van der Waals surface area contributed by atoms with Crippen molar-refractivity contribution in [1.29, 1.82) is 0 Å². The van der Waals surface area contributed by atoms with E-state index in [1.165, 1.54) is 11.5 Å². The van der Waals surface area contributed by atoms with Gasteiger partial charge < -0.3 is 5.73 Å². The van der Waals surface area contributed by atoms with Crippen LogP contribution in [0.3, 0.4) is 0 Å². The zero-order valence-electron chi connectivity index (χ0n) is 5.59. The standard InChI is InChI=1S/C6H7N3S/c1-5-8-6(10-9-5)3-2-4-7/h4,7H2,1H3. The van der Waals surface area contributed by atoms with Gasteiger partial charge in [-0.15, -0.1) is 0 Å². The zero-order valence-corrected chi connectivity index (χ0v) is 6.40. The molecule has 0 aromatic carbocycles. The maximum absolute atomic E-state index is 5.17. The highest BCUT2D eigenvalue weighted by molar-refractivity contribution is 7.06. The summed E-state index contributed by atoms with van der Waals surface area (Å²) >= 11 is 1.30. The quantitative estimate of drug-likeness (QED) is 0.540. The monoisotopic (exact) mass is 153 g/mol. The maximum atomic E-state index is 5.17. The lowest BCUT2D eigenvalue weighted by Gasteiger charge is -1.72. The third kappa shape index (κ3) is 1.79. The highest BCUT2D eigenvalue weighted by atomic mass is 32.1. The van der Waals surface area contributed by atoms with Crippen LogP contribution in [0.1, 0.15) is 10.8 Å². The van der Waals surface area contributed by atoms with Gasteiger partial charge in [0.15, 0.2) is 5.01 Å². The summed E-state index contributed by atoms with van der Waals surface area (Å²) in [6.45, 7) is 2.21. The van der Waals surface area contributed by atoms with Crippen LogP contribution < -0.4 is 5.73 Å². The molecule has 0 fully saturated rings. The lowest BCUT2D eigenvalue weighted by Crippen LogP contribution is -1.92. The van der Waals surface area contributed by atoms with Crippen LogP contribution in [0, 0.1) is 18.8 Å². The second kappa shape index (κ2) is 3.30. The summed E-state index contributed by atoms with van der Waals surface area (Å²) in [5, 5.41) is 0.739. The van der Waals surface area contributed by atoms with Crippen molar-refractivity contribution in [3.8, 4) is 11.8 Å². The predicted octanol–water partition coefficient (Wildman–Crippen LogP) is 0.157. The predicted molar refractivity (Wildman–Crippen MR) is 40.6 cm³/mol. The van der Waals surface area contributed by atoms with Gasteiger partial charge >= 0.3 is 0 Å². The number of hydrogen-bond donors (Lipinski definition) is 1. The highest BCUT2D eigenvalue weighted by Gasteiger charge is 1.92. The number of rotatable bonds is 0. The topological polar surface area (TPSA) is 51.8 Å². The van der Waals surface area contributed by atoms with Crippen molar-refractivity contribution in [1.82, 2.24) is 9.36 Å². The summed E-state index contributed by atoms with van der Waals surface area (Å²) < 4.78 is 3.96. The van der Waals surface area contributed by atoms with E-state index < -0.39 is 0 Å². The number of nitrogens with zero attached hydrogens (tertiary/aromatic N) is 2. The Morgan fingerprint density at radius 2 is 2.50 bits per heavy atom. The minimum absolute atomic E-state index is 0.374. The summed E-state index contributed by atoms with van der Waals surface area (Å²) in [6, 6.07) is 0. The Morgan fingerprint density at radius 1 is 1.70 bits per heavy atom. The van der Waals surface area contributed by atoms with Gasteiger partial charge in [0.2, 0.25) is 0 Å². The number of hydrogen-bond acceptors (Lipinski definition) is 4. The fourth-order valence-corrected chi connectivity index (χ4v) is 1.02. The third-order valence-electron chi connectivity index (χ3n) is 0.825. The van der Waals surface area contributed by atoms with Crippen LogP contribution in [-0.4, -0.2) is 15.9 Å². The Hall–Kier alpha value is -0.920. The lowest BCUT2D eigenvalue weighted by atomic mass is 10.6. The molecule has 0 saturated carbocycles. The number of nitrogens with two attached hydrogens (primary N) is 1. The molecule has 0 radical (unpaired) electrons. The van der Waals surface area contributed by atoms with Gasteiger partial charge in [0.25, 0.3) is 0 Å². The Kier molecular flexibility index (Phi) is 2.37. The van der Waals surface area contributed by atoms with Gasteiger partial charge in [-0.25, -0.2) is 4.98 Å². The van der Waals surface area contributed by atoms with Crippen LogP contribution in [0.15, 0.2) is 0 Å². The van der Waals surface area contributed by atoms with E-state index in [-0.39, 0.29) is 0 Å². The van der Waals surface area contributed by atoms with Gasteiger partial charge in [-0.3, -0.25) is 0 Å². The average molecular weight is 153 g/mol. The lowest BCUT2D eigenvalue weighted by molar-refractivity contribution is 1.15. The van der Waals surface area contributed by atoms with Crippen molar-refractivity contribution in [3.05, 3.63) is 10.8 Å². The van der Waals surface area contributed by atoms with Crippen molar-refractivity contribution in [2.24, 2.45) is 5.73 Å². The van der Waals surface area contributed by atoms with Gasteiger partial charge in [0.1, 0.15) is 5.82 Å². The van der Waals surface area contributed by atoms with Gasteiger partial charge in [0, 0.05) is 0 Å². The van der Waals surface area contributed by atoms with Crippen molar-refractivity contribution >= 4 is 11.5 Å². The van der Waals surface area contributed by atoms with E-state index in [2.05, 4.69) is 21.2 Å². The van der Waals surface area contributed by atoms with Gasteiger partial charge in [0.05, 0.1) is 6.54 Å². The maximum Gasteiger partial charge on any atom is 0.186 e. The van der Waals surface area contributed by atoms with Crippen LogP contribution >= 0.6 is 11.5 Å². The second-order valence-electron chi connectivity index (χ2n) is 1.65. The summed E-state index contributed by atoms with van der Waals surface area (Å²) in [7, 11) is 0. The Bertz CT molecular complexity index is 268. The molecule has 3 nitrogen and oxygen atoms in total. The minimum Gasteiger partial charge on any atom is -0.320 e. The molecule has 0 aliphatic carbocycles. The second-order valence-corrected chi connectivity index (χ2v) is 2.40. The molecule has 0 aliphatic heterocycles. The van der Waals surface area contributed by atoms with Gasteiger partial charge in [-0.2, -0.15) is 4.37 Å². The third-order valence-corrected chi connectivity index (χ3v) is 1.55. The average Bonchev–Trinajstić information content (AvgIpc) is 2.31. The Morgan fingerprint density at radius 3 is 3.00 bits per heavy atom. The van der Waals surface area contributed by atoms with E-state index in [4.69, 9.17) is 5.73 Å². The first-order valence-electron chi connectivity index (χ1n) is 2.82. The van der Waals surface area contributed by atoms with E-state index in [0.29, 0.717) is 6.54 Å². The Labute approximate surface area is 63.5 Å². The molecule has 52 valence electrons. The van der Waals surface area contributed by atoms with E-state index >= 15 is 0 Å². The van der Waals surface area contributed by atoms with E-state index in [0.717, 1.165) is 10.8 Å². The van der Waals surface area contributed by atoms with Crippen LogP contribution in [0.25, 0.3) is 0 Å². The fourth-order valence-electron chi connectivity index (χ4n) is 0.474. The molecule has 2 N–H and O–H groups in total. The van der Waals surface area contributed by atoms with E-state index in [1.807, 2.05) is 6.92 Å². The molecule has 0 bridgehead atoms. The summed E-state index contributed by atoms with van der Waals surface area (Å²) in [5.41, 5.74) is 5.17. The summed E-state index contributed by atoms with van der Waals surface area (Å²) in [6.07, 6.45) is 0. The van der Waals surface area contributed by atoms with Crippen molar-refractivity contribution in [3.63, 3.8) is 0 Å². The number of aryl methyl sites for hydroxylation is 1. The van der Waals surface area contributed by atoms with Crippen LogP contribution in [0.4, 0.5) is 0 Å².